The lowest BCUT2D eigenvalue weighted by Crippen LogP contribution is -2.38. The van der Waals surface area contributed by atoms with Crippen LogP contribution in [0.3, 0.4) is 0 Å². The monoisotopic (exact) mass is 507 g/mol. The number of ether oxygens (including phenoxy) is 1. The van der Waals surface area contributed by atoms with Gasteiger partial charge in [0, 0.05) is 44.3 Å². The molecule has 9 heteroatoms. The van der Waals surface area contributed by atoms with E-state index in [0.29, 0.717) is 44.1 Å². The number of carbonyl (C=O) groups excluding carboxylic acids is 3. The molecule has 202 valence electrons. The smallest absolute Gasteiger partial charge is 0.327 e. The van der Waals surface area contributed by atoms with Crippen molar-refractivity contribution in [3.8, 4) is 0 Å². The maximum atomic E-state index is 12.6. The first-order chi connectivity index (χ1) is 17.0. The second-order valence-electron chi connectivity index (χ2n) is 9.54. The Morgan fingerprint density at radius 2 is 1.72 bits per heavy atom. The molecule has 0 spiro atoms. The van der Waals surface area contributed by atoms with Gasteiger partial charge < -0.3 is 20.1 Å². The average Bonchev–Trinajstić information content (AvgIpc) is 2.81. The van der Waals surface area contributed by atoms with Gasteiger partial charge in [-0.05, 0) is 44.1 Å². The van der Waals surface area contributed by atoms with E-state index in [1.165, 1.54) is 7.11 Å². The summed E-state index contributed by atoms with van der Waals surface area (Å²) in [5, 5.41) is 32.3. The summed E-state index contributed by atoms with van der Waals surface area (Å²) in [5.74, 6) is -2.68. The van der Waals surface area contributed by atoms with Crippen LogP contribution in [0.4, 0.5) is 0 Å². The molecule has 9 nitrogen and oxygen atoms in total. The number of allylic oxidation sites excluding steroid dienone is 2. The molecule has 1 heterocycles. The molecule has 0 aromatic carbocycles. The maximum Gasteiger partial charge on any atom is 0.327 e. The Labute approximate surface area is 213 Å². The molecule has 5 atom stereocenters. The Morgan fingerprint density at radius 1 is 1.11 bits per heavy atom. The predicted molar refractivity (Wildman–Crippen MR) is 135 cm³/mol. The number of carbonyl (C=O) groups is 4. The molecule has 1 saturated heterocycles. The number of methoxy groups -OCH3 is 1. The Balaban J connectivity index is 2.57. The zero-order valence-electron chi connectivity index (χ0n) is 21.7. The summed E-state index contributed by atoms with van der Waals surface area (Å²) >= 11 is 0. The molecule has 1 aliphatic rings. The van der Waals surface area contributed by atoms with Crippen molar-refractivity contribution in [1.82, 2.24) is 5.32 Å². The molecule has 1 rings (SSSR count). The van der Waals surface area contributed by atoms with Crippen molar-refractivity contribution >= 4 is 23.6 Å². The third-order valence-corrected chi connectivity index (χ3v) is 6.47. The lowest BCUT2D eigenvalue weighted by Gasteiger charge is -2.25. The second-order valence-corrected chi connectivity index (χ2v) is 9.54. The Morgan fingerprint density at radius 3 is 2.31 bits per heavy atom. The molecular weight excluding hydrogens is 466 g/mol. The molecule has 0 unspecified atom stereocenters. The van der Waals surface area contributed by atoms with Gasteiger partial charge in [0.1, 0.15) is 11.9 Å². The van der Waals surface area contributed by atoms with Crippen molar-refractivity contribution in [3.63, 3.8) is 0 Å². The summed E-state index contributed by atoms with van der Waals surface area (Å²) in [4.78, 5) is 46.0. The number of imide groups is 1. The number of nitrogens with one attached hydrogen (secondary N) is 1. The standard InChI is InChI=1S/C27H41NO8/c1-17(14-18(2)27(35)22(36-4)12-7-5-6-8-13-25(32)33)26(34)19(3)21(29)11-9-10-20-15-23(30)28-24(31)16-20/h7-8,12-14,18-20,22,26-27,34-35H,5-6,9-11,15-16H2,1-4H3,(H,32,33)(H,28,30,31)/b12-7+,13-8+,17-14+/t18-,19-,22+,26-,27-/m0/s1. The molecule has 1 fully saturated rings. The van der Waals surface area contributed by atoms with Crippen LogP contribution in [0.25, 0.3) is 0 Å². The SMILES string of the molecule is CO[C@H](/C=C/CC/C=C/C(=O)O)[C@@H](O)[C@@H](C)/C=C(\C)[C@H](O)[C@@H](C)C(=O)CCCC1CC(=O)NC(=O)C1. The van der Waals surface area contributed by atoms with E-state index in [1.807, 2.05) is 6.08 Å². The van der Waals surface area contributed by atoms with E-state index in [1.54, 1.807) is 39.0 Å². The average molecular weight is 508 g/mol. The number of aliphatic carboxylic acids is 1. The largest absolute Gasteiger partial charge is 0.478 e. The van der Waals surface area contributed by atoms with Gasteiger partial charge in [0.05, 0.1) is 12.2 Å². The van der Waals surface area contributed by atoms with E-state index in [9.17, 15) is 29.4 Å². The number of aliphatic hydroxyl groups excluding tert-OH is 2. The van der Waals surface area contributed by atoms with Crippen molar-refractivity contribution in [3.05, 3.63) is 36.0 Å². The number of unbranched alkanes of at least 4 members (excludes halogenated alkanes) is 1. The minimum atomic E-state index is -0.994. The van der Waals surface area contributed by atoms with Crippen LogP contribution < -0.4 is 5.32 Å². The maximum absolute atomic E-state index is 12.6. The summed E-state index contributed by atoms with van der Waals surface area (Å²) in [5.41, 5.74) is 0.578. The number of aliphatic hydroxyl groups is 2. The summed E-state index contributed by atoms with van der Waals surface area (Å²) in [6, 6.07) is 0. The van der Waals surface area contributed by atoms with E-state index in [-0.39, 0.29) is 35.9 Å². The molecule has 1 aliphatic heterocycles. The van der Waals surface area contributed by atoms with E-state index in [2.05, 4.69) is 5.32 Å². The fourth-order valence-corrected chi connectivity index (χ4v) is 4.27. The third-order valence-electron chi connectivity index (χ3n) is 6.47. The molecular formula is C27H41NO8. The van der Waals surface area contributed by atoms with Gasteiger partial charge in [-0.2, -0.15) is 0 Å². The lowest BCUT2D eigenvalue weighted by molar-refractivity contribution is -0.135. The second kappa shape index (κ2) is 16.2. The van der Waals surface area contributed by atoms with Gasteiger partial charge in [0.2, 0.25) is 11.8 Å². The molecule has 0 aliphatic carbocycles. The number of carboxylic acid groups (broad SMARTS) is 1. The number of hydrogen-bond acceptors (Lipinski definition) is 7. The van der Waals surface area contributed by atoms with E-state index >= 15 is 0 Å². The van der Waals surface area contributed by atoms with Crippen LogP contribution in [0.1, 0.15) is 65.7 Å². The molecule has 2 amide bonds. The fourth-order valence-electron chi connectivity index (χ4n) is 4.27. The molecule has 0 bridgehead atoms. The highest BCUT2D eigenvalue weighted by atomic mass is 16.5. The fraction of sp³-hybridized carbons (Fsp3) is 0.630. The van der Waals surface area contributed by atoms with Gasteiger partial charge in [0.25, 0.3) is 0 Å². The molecule has 0 saturated carbocycles. The number of ketones is 1. The quantitative estimate of drug-likeness (QED) is 0.108. The van der Waals surface area contributed by atoms with Crippen LogP contribution in [0, 0.1) is 17.8 Å². The van der Waals surface area contributed by atoms with Crippen LogP contribution in [-0.4, -0.2) is 64.3 Å². The van der Waals surface area contributed by atoms with Crippen molar-refractivity contribution in [2.24, 2.45) is 17.8 Å². The number of amides is 2. The van der Waals surface area contributed by atoms with Gasteiger partial charge in [-0.3, -0.25) is 19.7 Å². The number of piperidine rings is 1. The van der Waals surface area contributed by atoms with Crippen LogP contribution >= 0.6 is 0 Å². The number of carboxylic acids is 1. The van der Waals surface area contributed by atoms with Crippen molar-refractivity contribution in [1.29, 1.82) is 0 Å². The Bertz CT molecular complexity index is 831. The number of Topliss-reactive ketones (excluding diaryl/α,β-unsaturated/α-hetero) is 1. The molecule has 0 radical (unpaired) electrons. The van der Waals surface area contributed by atoms with Crippen LogP contribution in [-0.2, 0) is 23.9 Å². The van der Waals surface area contributed by atoms with Crippen LogP contribution in [0.15, 0.2) is 36.0 Å². The molecule has 0 aromatic heterocycles. The third kappa shape index (κ3) is 11.4. The summed E-state index contributed by atoms with van der Waals surface area (Å²) in [6.45, 7) is 5.18. The van der Waals surface area contributed by atoms with Gasteiger partial charge in [-0.25, -0.2) is 4.79 Å². The number of rotatable bonds is 16. The first-order valence-corrected chi connectivity index (χ1v) is 12.4. The van der Waals surface area contributed by atoms with Gasteiger partial charge in [-0.1, -0.05) is 38.2 Å². The molecule has 36 heavy (non-hydrogen) atoms. The highest BCUT2D eigenvalue weighted by molar-refractivity contribution is 5.97. The van der Waals surface area contributed by atoms with Crippen molar-refractivity contribution in [2.45, 2.75) is 84.0 Å². The highest BCUT2D eigenvalue weighted by Gasteiger charge is 2.27. The Kier molecular flexibility index (Phi) is 14.1. The topological polar surface area (TPSA) is 150 Å². The normalized spacial score (nSPS) is 19.8. The van der Waals surface area contributed by atoms with Gasteiger partial charge in [0.15, 0.2) is 0 Å². The highest BCUT2D eigenvalue weighted by Crippen LogP contribution is 2.23. The number of hydrogen-bond donors (Lipinski definition) is 4. The molecule has 4 N–H and O–H groups in total. The van der Waals surface area contributed by atoms with Gasteiger partial charge >= 0.3 is 5.97 Å². The summed E-state index contributed by atoms with van der Waals surface area (Å²) in [6.07, 6.45) is 8.60. The van der Waals surface area contributed by atoms with Gasteiger partial charge in [-0.15, -0.1) is 0 Å². The van der Waals surface area contributed by atoms with E-state index < -0.39 is 30.2 Å². The summed E-state index contributed by atoms with van der Waals surface area (Å²) in [7, 11) is 1.48. The van der Waals surface area contributed by atoms with Crippen LogP contribution in [0.2, 0.25) is 0 Å². The first kappa shape index (κ1) is 31.4. The zero-order valence-corrected chi connectivity index (χ0v) is 21.7. The lowest BCUT2D eigenvalue weighted by atomic mass is 9.87. The van der Waals surface area contributed by atoms with Crippen LogP contribution in [0.5, 0.6) is 0 Å². The predicted octanol–water partition coefficient (Wildman–Crippen LogP) is 2.71. The zero-order chi connectivity index (χ0) is 27.3. The van der Waals surface area contributed by atoms with E-state index in [4.69, 9.17) is 9.84 Å². The van der Waals surface area contributed by atoms with Crippen molar-refractivity contribution in [2.75, 3.05) is 7.11 Å². The minimum absolute atomic E-state index is 0.0489. The van der Waals surface area contributed by atoms with Crippen molar-refractivity contribution < 1.29 is 39.2 Å². The molecule has 0 aromatic rings. The Hall–Kier alpha value is -2.62. The minimum Gasteiger partial charge on any atom is -0.478 e. The first-order valence-electron chi connectivity index (χ1n) is 12.4. The summed E-state index contributed by atoms with van der Waals surface area (Å²) < 4.78 is 5.37. The van der Waals surface area contributed by atoms with E-state index in [0.717, 1.165) is 6.08 Å².